The Balaban J connectivity index is 0.000000202. The first kappa shape index (κ1) is 95.7. The zero-order chi connectivity index (χ0) is 90.2. The molecule has 41 nitrogen and oxygen atoms in total. The van der Waals surface area contributed by atoms with Crippen molar-refractivity contribution in [2.45, 2.75) is 111 Å². The van der Waals surface area contributed by atoms with E-state index in [9.17, 15) is 21.6 Å². The maximum atomic E-state index is 12.4. The fraction of sp³-hybridized carbons (Fsp3) is 0.299. The van der Waals surface area contributed by atoms with Crippen LogP contribution in [0.4, 0.5) is 34.9 Å². The lowest BCUT2D eigenvalue weighted by atomic mass is 10.0. The van der Waals surface area contributed by atoms with Gasteiger partial charge in [-0.15, -0.1) is 0 Å². The molecule has 12 heterocycles. The highest BCUT2D eigenvalue weighted by atomic mass is 79.9. The Morgan fingerprint density at radius 1 is 0.410 bits per heavy atom. The van der Waals surface area contributed by atoms with Crippen molar-refractivity contribution >= 4 is 82.5 Å². The van der Waals surface area contributed by atoms with Crippen LogP contribution in [0.2, 0.25) is 5.02 Å². The van der Waals surface area contributed by atoms with E-state index in [1.807, 2.05) is 41.5 Å². The molecular weight excluding hydrogens is 1710 g/mol. The van der Waals surface area contributed by atoms with Gasteiger partial charge < -0.3 is 86.3 Å². The Hall–Kier alpha value is -13.4. The largest absolute Gasteiger partial charge is 0.491 e. The number of nitrogens with two attached hydrogens (primary N) is 6. The fourth-order valence-electron chi connectivity index (χ4n) is 9.72. The maximum absolute atomic E-state index is 12.4. The number of aryl methyl sites for hydroxylation is 6. The van der Waals surface area contributed by atoms with Gasteiger partial charge in [-0.3, -0.25) is 4.79 Å². The Morgan fingerprint density at radius 2 is 0.754 bits per heavy atom. The first-order valence-corrected chi connectivity index (χ1v) is 40.3. The minimum atomic E-state index is -3.68. The van der Waals surface area contributed by atoms with Crippen LogP contribution in [0, 0.1) is 41.5 Å². The molecule has 0 saturated heterocycles. The number of methoxy groups -OCH3 is 4. The third kappa shape index (κ3) is 26.5. The second-order valence-corrected chi connectivity index (χ2v) is 31.5. The van der Waals surface area contributed by atoms with Crippen molar-refractivity contribution in [3.8, 4) is 92.4 Å². The van der Waals surface area contributed by atoms with E-state index in [0.29, 0.717) is 137 Å². The van der Waals surface area contributed by atoms with Gasteiger partial charge in [0, 0.05) is 87.3 Å². The number of rotatable bonds is 23. The second-order valence-electron chi connectivity index (χ2n) is 26.4. The van der Waals surface area contributed by atoms with Gasteiger partial charge in [-0.1, -0.05) is 53.1 Å². The summed E-state index contributed by atoms with van der Waals surface area (Å²) in [5.74, 6) is 11.1. The molecule has 0 bridgehead atoms. The van der Waals surface area contributed by atoms with Crippen LogP contribution >= 0.6 is 27.5 Å². The summed E-state index contributed by atoms with van der Waals surface area (Å²) < 4.78 is 108. The summed E-state index contributed by atoms with van der Waals surface area (Å²) in [4.78, 5) is 80.7. The van der Waals surface area contributed by atoms with Crippen LogP contribution < -0.4 is 92.1 Å². The van der Waals surface area contributed by atoms with Crippen LogP contribution in [0.1, 0.15) is 111 Å². The number of anilines is 6. The maximum Gasteiger partial charge on any atom is 0.260 e. The molecule has 0 spiro atoms. The van der Waals surface area contributed by atoms with Gasteiger partial charge >= 0.3 is 0 Å². The molecule has 0 aliphatic carbocycles. The molecule has 13 N–H and O–H groups in total. The highest BCUT2D eigenvalue weighted by Crippen LogP contribution is 2.40. The predicted molar refractivity (Wildman–Crippen MR) is 459 cm³/mol. The number of halogens is 2. The van der Waals surface area contributed by atoms with E-state index in [-0.39, 0.29) is 74.0 Å². The average molecular weight is 1800 g/mol. The highest BCUT2D eigenvalue weighted by Gasteiger charge is 2.25. The molecule has 0 fully saturated rings. The topological polar surface area (TPSA) is 573 Å². The zero-order valence-corrected chi connectivity index (χ0v) is 74.3. The number of nitrogens with zero attached hydrogens (tertiary/aromatic N) is 19. The summed E-state index contributed by atoms with van der Waals surface area (Å²) >= 11 is 9.31. The van der Waals surface area contributed by atoms with Gasteiger partial charge in [-0.2, -0.15) is 0 Å². The van der Waals surface area contributed by atoms with Gasteiger partial charge in [0.25, 0.3) is 25.6 Å². The minimum Gasteiger partial charge on any atom is -0.491 e. The molecule has 0 radical (unpaired) electrons. The third-order valence-corrected chi connectivity index (χ3v) is 20.2. The van der Waals surface area contributed by atoms with Gasteiger partial charge in [-0.25, -0.2) is 111 Å². The monoisotopic (exact) mass is 1800 g/mol. The lowest BCUT2D eigenvalue weighted by Gasteiger charge is -2.17. The second kappa shape index (κ2) is 43.5. The number of pyridine rings is 6. The summed E-state index contributed by atoms with van der Waals surface area (Å²) in [5, 5.41) is 0.111. The van der Waals surface area contributed by atoms with Crippen LogP contribution in [0.15, 0.2) is 130 Å². The van der Waals surface area contributed by atoms with Gasteiger partial charge in [0.1, 0.15) is 63.0 Å². The van der Waals surface area contributed by atoms with Crippen LogP contribution in [0.3, 0.4) is 0 Å². The molecule has 122 heavy (non-hydrogen) atoms. The van der Waals surface area contributed by atoms with Crippen molar-refractivity contribution in [1.82, 2.24) is 98.3 Å². The van der Waals surface area contributed by atoms with E-state index in [0.717, 1.165) is 15.4 Å². The van der Waals surface area contributed by atoms with E-state index in [4.69, 9.17) is 93.4 Å². The van der Waals surface area contributed by atoms with E-state index in [1.165, 1.54) is 128 Å². The molecule has 12 rings (SSSR count). The van der Waals surface area contributed by atoms with Crippen LogP contribution in [-0.4, -0.2) is 160 Å². The van der Waals surface area contributed by atoms with Crippen LogP contribution in [-0.2, 0) is 27.1 Å². The fourth-order valence-corrected chi connectivity index (χ4v) is 11.7. The molecule has 0 aliphatic rings. The Morgan fingerprint density at radius 3 is 1.12 bits per heavy atom. The zero-order valence-electron chi connectivity index (χ0n) is 70.3. The minimum absolute atomic E-state index is 0.0133. The Kier molecular flexibility index (Phi) is 34.1. The summed E-state index contributed by atoms with van der Waals surface area (Å²) in [5.41, 5.74) is 36.7. The average Bonchev–Trinajstić information content (AvgIpc) is 0.799. The quantitative estimate of drug-likeness (QED) is 0.0292. The Labute approximate surface area is 717 Å². The lowest BCUT2D eigenvalue weighted by molar-refractivity contribution is 0.362. The van der Waals surface area contributed by atoms with Gasteiger partial charge in [0.15, 0.2) is 96.7 Å². The molecule has 0 saturated carbocycles. The van der Waals surface area contributed by atoms with Crippen molar-refractivity contribution in [3.05, 3.63) is 182 Å². The van der Waals surface area contributed by atoms with Crippen molar-refractivity contribution in [2.24, 2.45) is 7.05 Å². The van der Waals surface area contributed by atoms with Crippen molar-refractivity contribution in [1.29, 1.82) is 0 Å². The molecule has 12 aromatic rings. The van der Waals surface area contributed by atoms with Crippen molar-refractivity contribution < 1.29 is 64.2 Å². The summed E-state index contributed by atoms with van der Waals surface area (Å²) in [6, 6.07) is 11.0. The molecular formula is C77H94BrClN26O15S2. The van der Waals surface area contributed by atoms with Crippen molar-refractivity contribution in [3.63, 3.8) is 0 Å². The number of hydrogen-bond donors (Lipinski definition) is 7. The summed E-state index contributed by atoms with van der Waals surface area (Å²) in [6.07, 6.45) is 16.4. The highest BCUT2D eigenvalue weighted by molar-refractivity contribution is 9.10. The summed E-state index contributed by atoms with van der Waals surface area (Å²) in [7, 11) is 4.64. The molecule has 0 amide bonds. The van der Waals surface area contributed by atoms with E-state index < -0.39 is 20.0 Å². The molecule has 0 aromatic carbocycles. The van der Waals surface area contributed by atoms with Crippen LogP contribution in [0.25, 0.3) is 0 Å². The molecule has 648 valence electrons. The number of sulfonamides is 2. The predicted octanol–water partition coefficient (Wildman–Crippen LogP) is 11.6. The third-order valence-electron chi connectivity index (χ3n) is 16.1. The van der Waals surface area contributed by atoms with E-state index in [1.54, 1.807) is 85.1 Å². The normalized spacial score (nSPS) is 10.9. The first-order chi connectivity index (χ1) is 57.6. The number of nitrogens with one attached hydrogen (secondary N) is 1. The number of ether oxygens (including phenoxy) is 10. The summed E-state index contributed by atoms with van der Waals surface area (Å²) in [6.45, 7) is 22.1. The van der Waals surface area contributed by atoms with Gasteiger partial charge in [0.2, 0.25) is 17.6 Å². The molecule has 0 atom stereocenters. The Bertz CT molecular complexity index is 5950. The molecule has 45 heteroatoms. The van der Waals surface area contributed by atoms with E-state index in [2.05, 4.69) is 105 Å². The van der Waals surface area contributed by atoms with Crippen LogP contribution in [0.5, 0.6) is 92.4 Å². The number of aromatic nitrogens is 18. The van der Waals surface area contributed by atoms with Gasteiger partial charge in [-0.05, 0) is 88.3 Å². The molecule has 12 aromatic heterocycles. The first-order valence-electron chi connectivity index (χ1n) is 36.2. The number of hydrogen-bond acceptors (Lipinski definition) is 38. The lowest BCUT2D eigenvalue weighted by Crippen LogP contribution is -2.23. The van der Waals surface area contributed by atoms with E-state index >= 15 is 0 Å². The number of nitrogen functional groups attached to an aromatic ring is 6. The molecule has 0 unspecified atom stereocenters. The molecule has 0 aliphatic heterocycles. The smallest absolute Gasteiger partial charge is 0.260 e. The SMILES string of the molecule is CNS(=O)(=O)c1cc(Oc2cnc(C)nc2N)c(C(C)C)cn1.COc1cc(Oc2cnc(C)nc2N)c(Cl)cn1.COc1cc(Oc2cnc(C)nc2N)c(OC)cn1.COc1cc(Oc2cnc(C)nc2N)ccn1.Cc1ncc(Oc2cc(Br)n(C)c(=O)c2C(C)C)c(N)n1.Cc1ncc(Oc2cc(S(=O)(=O)N(C)C)ncc2C(C)C)c(N)n1. The standard InChI is InChI=1S/C15H21N5O3S.C14H17BrN4O2.C14H19N5O3S.C12H14N4O3.C11H11ClN4O2.C11H12N4O2/c1-9(2)11-7-18-14(24(21,22)20(4)5)6-12(11)23-13-8-17-10(3)19-15(13)16;1-7(2)12-9(5-11(15)19(4)14(12)20)21-10-6-17-8(3)18-13(10)16;1-8(2)10-6-18-13(23(20,21)16-4)5-11(10)22-12-7-17-9(3)19-14(12)15;1-7-14-6-10(12(13)16-7)19-8-4-11(18-3)15-5-9(8)17-2;1-6-14-5-9(11(13)16-6)18-8-3-10(17-2)15-4-7(8)12;1-7-14-6-9(11(12)15-7)17-8-3-4-13-10(5-8)16-2/h6-9H,1-5H3,(H2,16,17,19);5-7H,1-4H3,(H2,16,17,18);5-8,16H,1-4H3,(H2,15,17,19);4-6H,1-3H3,(H2,13,14,16);3-5H,1-2H3,(H2,13,14,16);3-6H,1-2H3,(H2,12,14,15). The van der Waals surface area contributed by atoms with Crippen molar-refractivity contribution in [2.75, 3.05) is 84.0 Å². The van der Waals surface area contributed by atoms with Gasteiger partial charge in [0.05, 0.1) is 88.2 Å².